The lowest BCUT2D eigenvalue weighted by molar-refractivity contribution is -0.141. The highest BCUT2D eigenvalue weighted by Gasteiger charge is 2.43. The minimum atomic E-state index is -4.54. The SMILES string of the molecule is Cc1ccc(-n2nc(C(C)(C)C)cc2NC(=O)Nc2cccc(CC3CC4CCC(C3)N4C(=O)c3ccc(C(F)(F)F)nc3)c2)cc1. The van der Waals surface area contributed by atoms with E-state index in [4.69, 9.17) is 5.10 Å². The van der Waals surface area contributed by atoms with Crippen molar-refractivity contribution >= 4 is 23.4 Å². The summed E-state index contributed by atoms with van der Waals surface area (Å²) in [5.74, 6) is 0.648. The third-order valence-corrected chi connectivity index (χ3v) is 9.07. The van der Waals surface area contributed by atoms with Gasteiger partial charge in [0.15, 0.2) is 0 Å². The van der Waals surface area contributed by atoms with Gasteiger partial charge in [-0.1, -0.05) is 50.6 Å². The molecule has 6 rings (SSSR count). The lowest BCUT2D eigenvalue weighted by Gasteiger charge is -2.39. The van der Waals surface area contributed by atoms with Crippen LogP contribution in [0.4, 0.5) is 29.5 Å². The molecule has 2 unspecified atom stereocenters. The zero-order chi connectivity index (χ0) is 33.5. The lowest BCUT2D eigenvalue weighted by Crippen LogP contribution is -2.47. The van der Waals surface area contributed by atoms with Crippen molar-refractivity contribution < 1.29 is 22.8 Å². The molecule has 3 amide bonds. The molecule has 8 nitrogen and oxygen atoms in total. The largest absolute Gasteiger partial charge is 0.433 e. The van der Waals surface area contributed by atoms with Crippen LogP contribution in [0.3, 0.4) is 0 Å². The maximum atomic E-state index is 13.3. The van der Waals surface area contributed by atoms with Crippen molar-refractivity contribution in [2.45, 2.75) is 83.5 Å². The fourth-order valence-electron chi connectivity index (χ4n) is 6.73. The summed E-state index contributed by atoms with van der Waals surface area (Å²) in [5.41, 5.74) is 3.55. The Morgan fingerprint density at radius 2 is 1.60 bits per heavy atom. The van der Waals surface area contributed by atoms with Gasteiger partial charge in [0.1, 0.15) is 11.5 Å². The van der Waals surface area contributed by atoms with Crippen LogP contribution in [-0.2, 0) is 18.0 Å². The molecular formula is C36H39F3N6O2. The predicted molar refractivity (Wildman–Crippen MR) is 175 cm³/mol. The average molecular weight is 645 g/mol. The fraction of sp³-hybridized carbons (Fsp3) is 0.389. The zero-order valence-electron chi connectivity index (χ0n) is 26.9. The first-order chi connectivity index (χ1) is 22.2. The quantitative estimate of drug-likeness (QED) is 0.222. The number of nitrogens with one attached hydrogen (secondary N) is 2. The van der Waals surface area contributed by atoms with E-state index in [1.165, 1.54) is 6.07 Å². The number of rotatable bonds is 6. The van der Waals surface area contributed by atoms with E-state index in [9.17, 15) is 22.8 Å². The summed E-state index contributed by atoms with van der Waals surface area (Å²) < 4.78 is 40.6. The van der Waals surface area contributed by atoms with Gasteiger partial charge in [-0.25, -0.2) is 9.48 Å². The van der Waals surface area contributed by atoms with Gasteiger partial charge in [0, 0.05) is 35.4 Å². The number of anilines is 2. The van der Waals surface area contributed by atoms with E-state index in [0.717, 1.165) is 66.9 Å². The van der Waals surface area contributed by atoms with Crippen molar-refractivity contribution in [1.82, 2.24) is 19.7 Å². The Balaban J connectivity index is 1.09. The second-order valence-electron chi connectivity index (χ2n) is 13.8. The standard InChI is InChI=1S/C36H39F3N6O2/c1-22-8-11-27(12-9-22)45-32(20-31(43-45)35(2,3)4)42-34(47)41-26-7-5-6-23(17-26)16-24-18-28-13-14-29(19-24)44(28)33(46)25-10-15-30(40-21-25)36(37,38)39/h5-12,15,17,20-21,24,28-29H,13-14,16,18-19H2,1-4H3,(H2,41,42,47). The van der Waals surface area contributed by atoms with Gasteiger partial charge in [-0.3, -0.25) is 15.1 Å². The van der Waals surface area contributed by atoms with Gasteiger partial charge in [-0.15, -0.1) is 0 Å². The van der Waals surface area contributed by atoms with Crippen molar-refractivity contribution in [1.29, 1.82) is 0 Å². The molecule has 2 aromatic heterocycles. The number of hydrogen-bond acceptors (Lipinski definition) is 4. The molecule has 0 radical (unpaired) electrons. The third-order valence-electron chi connectivity index (χ3n) is 9.07. The molecule has 2 N–H and O–H groups in total. The Labute approximate surface area is 272 Å². The summed E-state index contributed by atoms with van der Waals surface area (Å²) in [6.45, 7) is 8.25. The number of carbonyl (C=O) groups excluding carboxylic acids is 2. The number of aryl methyl sites for hydroxylation is 1. The maximum Gasteiger partial charge on any atom is 0.433 e. The highest BCUT2D eigenvalue weighted by molar-refractivity contribution is 5.99. The summed E-state index contributed by atoms with van der Waals surface area (Å²) in [5, 5.41) is 10.7. The number of fused-ring (bicyclic) bond motifs is 2. The van der Waals surface area contributed by atoms with Crippen LogP contribution < -0.4 is 10.6 Å². The number of urea groups is 1. The van der Waals surface area contributed by atoms with Gasteiger partial charge in [0.05, 0.1) is 16.9 Å². The first kappa shape index (κ1) is 32.3. The summed E-state index contributed by atoms with van der Waals surface area (Å²) in [6, 6.07) is 19.4. The molecule has 0 aliphatic carbocycles. The minimum absolute atomic E-state index is 0.0389. The third kappa shape index (κ3) is 7.18. The summed E-state index contributed by atoms with van der Waals surface area (Å²) >= 11 is 0. The van der Waals surface area contributed by atoms with Crippen LogP contribution in [0.1, 0.15) is 79.3 Å². The number of piperidine rings is 1. The number of halogens is 3. The Morgan fingerprint density at radius 1 is 0.894 bits per heavy atom. The summed E-state index contributed by atoms with van der Waals surface area (Å²) in [7, 11) is 0. The molecule has 2 aliphatic heterocycles. The van der Waals surface area contributed by atoms with E-state index in [0.29, 0.717) is 17.4 Å². The van der Waals surface area contributed by atoms with Crippen molar-refractivity contribution in [2.24, 2.45) is 5.92 Å². The molecule has 0 saturated carbocycles. The Bertz CT molecular complexity index is 1750. The number of hydrogen-bond donors (Lipinski definition) is 2. The van der Waals surface area contributed by atoms with Crippen LogP contribution in [0.5, 0.6) is 0 Å². The minimum Gasteiger partial charge on any atom is -0.333 e. The lowest BCUT2D eigenvalue weighted by atomic mass is 9.85. The average Bonchev–Trinajstić information content (AvgIpc) is 3.55. The smallest absolute Gasteiger partial charge is 0.333 e. The van der Waals surface area contributed by atoms with Crippen molar-refractivity contribution in [2.75, 3.05) is 10.6 Å². The maximum absolute atomic E-state index is 13.3. The van der Waals surface area contributed by atoms with Gasteiger partial charge in [0.25, 0.3) is 5.91 Å². The monoisotopic (exact) mass is 644 g/mol. The van der Waals surface area contributed by atoms with Crippen LogP contribution in [0.25, 0.3) is 5.69 Å². The number of benzene rings is 2. The molecule has 2 aromatic carbocycles. The molecule has 4 heterocycles. The van der Waals surface area contributed by atoms with Gasteiger partial charge in [-0.05, 0) is 86.9 Å². The predicted octanol–water partition coefficient (Wildman–Crippen LogP) is 8.16. The van der Waals surface area contributed by atoms with Gasteiger partial charge in [-0.2, -0.15) is 18.3 Å². The number of alkyl halides is 3. The summed E-state index contributed by atoms with van der Waals surface area (Å²) in [4.78, 5) is 31.8. The first-order valence-corrected chi connectivity index (χ1v) is 15.9. The molecule has 2 atom stereocenters. The Hall–Kier alpha value is -4.67. The highest BCUT2D eigenvalue weighted by Crippen LogP contribution is 2.41. The van der Waals surface area contributed by atoms with Crippen LogP contribution in [0.15, 0.2) is 72.9 Å². The number of nitrogens with zero attached hydrogens (tertiary/aromatic N) is 4. The second kappa shape index (κ2) is 12.5. The topological polar surface area (TPSA) is 92.2 Å². The Kier molecular flexibility index (Phi) is 8.59. The molecule has 4 aromatic rings. The number of aromatic nitrogens is 3. The second-order valence-corrected chi connectivity index (χ2v) is 13.8. The van der Waals surface area contributed by atoms with Crippen molar-refractivity contribution in [3.63, 3.8) is 0 Å². The first-order valence-electron chi connectivity index (χ1n) is 15.9. The Morgan fingerprint density at radius 3 is 2.21 bits per heavy atom. The van der Waals surface area contributed by atoms with E-state index in [1.54, 1.807) is 4.68 Å². The van der Waals surface area contributed by atoms with Gasteiger partial charge in [0.2, 0.25) is 0 Å². The van der Waals surface area contributed by atoms with Crippen molar-refractivity contribution in [3.8, 4) is 5.69 Å². The summed E-state index contributed by atoms with van der Waals surface area (Å²) in [6.07, 6.45) is 0.657. The molecule has 11 heteroatoms. The van der Waals surface area contributed by atoms with Crippen LogP contribution in [0.2, 0.25) is 0 Å². The fourth-order valence-corrected chi connectivity index (χ4v) is 6.73. The van der Waals surface area contributed by atoms with E-state index in [1.807, 2.05) is 66.4 Å². The molecule has 47 heavy (non-hydrogen) atoms. The molecule has 2 saturated heterocycles. The van der Waals surface area contributed by atoms with Crippen LogP contribution in [0, 0.1) is 12.8 Å². The van der Waals surface area contributed by atoms with E-state index in [-0.39, 0.29) is 35.0 Å². The van der Waals surface area contributed by atoms with Crippen molar-refractivity contribution in [3.05, 3.63) is 101 Å². The molecular weight excluding hydrogens is 605 g/mol. The number of pyridine rings is 1. The molecule has 2 bridgehead atoms. The number of carbonyl (C=O) groups is 2. The molecule has 2 aliphatic rings. The van der Waals surface area contributed by atoms with Gasteiger partial charge < -0.3 is 10.2 Å². The molecule has 246 valence electrons. The highest BCUT2D eigenvalue weighted by atomic mass is 19.4. The van der Waals surface area contributed by atoms with Gasteiger partial charge >= 0.3 is 12.2 Å². The number of amides is 3. The molecule has 2 fully saturated rings. The van der Waals surface area contributed by atoms with Crippen LogP contribution in [-0.4, -0.2) is 43.7 Å². The molecule has 0 spiro atoms. The van der Waals surface area contributed by atoms with E-state index in [2.05, 4.69) is 36.4 Å². The van der Waals surface area contributed by atoms with E-state index >= 15 is 0 Å². The zero-order valence-corrected chi connectivity index (χ0v) is 26.9. The normalized spacial score (nSPS) is 19.5. The van der Waals surface area contributed by atoms with E-state index < -0.39 is 11.9 Å². The van der Waals surface area contributed by atoms with Crippen LogP contribution >= 0.6 is 0 Å².